The minimum atomic E-state index is -0.722. The summed E-state index contributed by atoms with van der Waals surface area (Å²) in [5.41, 5.74) is 0.607. The molecule has 0 aliphatic heterocycles. The number of halogens is 2. The molecule has 3 aromatic carbocycles. The van der Waals surface area contributed by atoms with E-state index < -0.39 is 24.3 Å². The Hall–Kier alpha value is -2.96. The average Bonchev–Trinajstić information content (AvgIpc) is 3.02. The van der Waals surface area contributed by atoms with Crippen molar-refractivity contribution in [1.82, 2.24) is 0 Å². The van der Waals surface area contributed by atoms with Gasteiger partial charge in [-0.2, -0.15) is 0 Å². The van der Waals surface area contributed by atoms with Crippen molar-refractivity contribution in [3.05, 3.63) is 76.4 Å². The molecule has 28 heavy (non-hydrogen) atoms. The first-order valence-electron chi connectivity index (χ1n) is 8.34. The van der Waals surface area contributed by atoms with Crippen molar-refractivity contribution in [2.75, 3.05) is 11.9 Å². The number of benzene rings is 3. The van der Waals surface area contributed by atoms with Crippen LogP contribution in [0.1, 0.15) is 9.67 Å². The summed E-state index contributed by atoms with van der Waals surface area (Å²) in [6.45, 7) is -0.454. The third-order valence-electron chi connectivity index (χ3n) is 4.14. The molecule has 0 fully saturated rings. The molecule has 0 saturated carbocycles. The predicted molar refractivity (Wildman–Crippen MR) is 110 cm³/mol. The lowest BCUT2D eigenvalue weighted by Crippen LogP contribution is -2.20. The highest BCUT2D eigenvalue weighted by Crippen LogP contribution is 2.36. The first-order valence-corrected chi connectivity index (χ1v) is 9.54. The van der Waals surface area contributed by atoms with Gasteiger partial charge >= 0.3 is 5.97 Å². The lowest BCUT2D eigenvalue weighted by atomic mass is 10.1. The van der Waals surface area contributed by atoms with Crippen molar-refractivity contribution in [2.45, 2.75) is 0 Å². The summed E-state index contributed by atoms with van der Waals surface area (Å²) in [5.74, 6) is -1.60. The fourth-order valence-corrected chi connectivity index (χ4v) is 4.26. The number of anilines is 1. The molecule has 0 unspecified atom stereocenters. The van der Waals surface area contributed by atoms with E-state index in [0.29, 0.717) is 15.8 Å². The molecule has 0 radical (unpaired) electrons. The van der Waals surface area contributed by atoms with E-state index in [4.69, 9.17) is 16.3 Å². The number of hydrogen-bond acceptors (Lipinski definition) is 4. The van der Waals surface area contributed by atoms with Gasteiger partial charge in [-0.1, -0.05) is 41.9 Å². The fourth-order valence-electron chi connectivity index (χ4n) is 2.83. The maximum Gasteiger partial charge on any atom is 0.350 e. The SMILES string of the molecule is O=C(COC(=O)c1sc2cc(F)ccc2c1Cl)Nc1ccc2ccccc2c1. The van der Waals surface area contributed by atoms with Gasteiger partial charge in [-0.3, -0.25) is 4.79 Å². The first-order chi connectivity index (χ1) is 13.5. The van der Waals surface area contributed by atoms with Crippen LogP contribution in [0, 0.1) is 5.82 Å². The normalized spacial score (nSPS) is 10.9. The van der Waals surface area contributed by atoms with Gasteiger partial charge in [-0.05, 0) is 41.1 Å². The van der Waals surface area contributed by atoms with Crippen molar-refractivity contribution in [1.29, 1.82) is 0 Å². The van der Waals surface area contributed by atoms with Gasteiger partial charge in [0.15, 0.2) is 6.61 Å². The number of nitrogens with one attached hydrogen (secondary N) is 1. The highest BCUT2D eigenvalue weighted by Gasteiger charge is 2.19. The summed E-state index contributed by atoms with van der Waals surface area (Å²) in [6.07, 6.45) is 0. The molecule has 4 rings (SSSR count). The molecule has 0 spiro atoms. The van der Waals surface area contributed by atoms with Gasteiger partial charge in [-0.15, -0.1) is 11.3 Å². The number of thiophene rings is 1. The van der Waals surface area contributed by atoms with E-state index in [0.717, 1.165) is 22.1 Å². The van der Waals surface area contributed by atoms with Crippen LogP contribution in [0.4, 0.5) is 10.1 Å². The van der Waals surface area contributed by atoms with E-state index in [1.807, 2.05) is 36.4 Å². The molecule has 1 N–H and O–H groups in total. The summed E-state index contributed by atoms with van der Waals surface area (Å²) < 4.78 is 18.9. The molecular weight excluding hydrogens is 401 g/mol. The van der Waals surface area contributed by atoms with Crippen LogP contribution < -0.4 is 5.32 Å². The van der Waals surface area contributed by atoms with Gasteiger partial charge in [-0.25, -0.2) is 9.18 Å². The number of hydrogen-bond donors (Lipinski definition) is 1. The van der Waals surface area contributed by atoms with E-state index in [-0.39, 0.29) is 9.90 Å². The third-order valence-corrected chi connectivity index (χ3v) is 5.78. The lowest BCUT2D eigenvalue weighted by Gasteiger charge is -2.07. The summed E-state index contributed by atoms with van der Waals surface area (Å²) in [6, 6.07) is 17.4. The largest absolute Gasteiger partial charge is 0.451 e. The molecule has 1 heterocycles. The second kappa shape index (κ2) is 7.58. The highest BCUT2D eigenvalue weighted by molar-refractivity contribution is 7.21. The standard InChI is InChI=1S/C21H13ClFNO3S/c22-19-16-8-6-14(23)10-17(16)28-20(19)21(26)27-11-18(25)24-15-7-5-12-3-1-2-4-13(12)9-15/h1-10H,11H2,(H,24,25). The summed E-state index contributed by atoms with van der Waals surface area (Å²) in [5, 5.41) is 5.50. The number of ether oxygens (including phenoxy) is 1. The topological polar surface area (TPSA) is 55.4 Å². The number of esters is 1. The minimum absolute atomic E-state index is 0.140. The van der Waals surface area contributed by atoms with Crippen molar-refractivity contribution < 1.29 is 18.7 Å². The molecule has 0 aliphatic carbocycles. The van der Waals surface area contributed by atoms with Crippen molar-refractivity contribution in [2.24, 2.45) is 0 Å². The van der Waals surface area contributed by atoms with Crippen LogP contribution in [0.5, 0.6) is 0 Å². The van der Waals surface area contributed by atoms with Gasteiger partial charge in [0.1, 0.15) is 10.7 Å². The Morgan fingerprint density at radius 3 is 2.64 bits per heavy atom. The van der Waals surface area contributed by atoms with Gasteiger partial charge in [0.2, 0.25) is 0 Å². The zero-order valence-electron chi connectivity index (χ0n) is 14.4. The van der Waals surface area contributed by atoms with Crippen molar-refractivity contribution >= 4 is 61.4 Å². The molecule has 0 saturated heterocycles. The van der Waals surface area contributed by atoms with Crippen LogP contribution in [0.2, 0.25) is 5.02 Å². The zero-order chi connectivity index (χ0) is 19.7. The van der Waals surface area contributed by atoms with Crippen LogP contribution in [-0.4, -0.2) is 18.5 Å². The molecule has 4 aromatic rings. The maximum atomic E-state index is 13.3. The Morgan fingerprint density at radius 2 is 1.82 bits per heavy atom. The lowest BCUT2D eigenvalue weighted by molar-refractivity contribution is -0.119. The van der Waals surface area contributed by atoms with Crippen molar-refractivity contribution in [3.63, 3.8) is 0 Å². The Bertz CT molecular complexity index is 1220. The van der Waals surface area contributed by atoms with Gasteiger partial charge < -0.3 is 10.1 Å². The fraction of sp³-hybridized carbons (Fsp3) is 0.0476. The third kappa shape index (κ3) is 3.69. The molecule has 1 amide bonds. The predicted octanol–water partition coefficient (Wildman–Crippen LogP) is 5.64. The molecule has 1 aromatic heterocycles. The van der Waals surface area contributed by atoms with Crippen LogP contribution in [-0.2, 0) is 9.53 Å². The molecule has 140 valence electrons. The minimum Gasteiger partial charge on any atom is -0.451 e. The molecule has 0 atom stereocenters. The summed E-state index contributed by atoms with van der Waals surface area (Å²) >= 11 is 7.22. The number of carbonyl (C=O) groups excluding carboxylic acids is 2. The quantitative estimate of drug-likeness (QED) is 0.440. The summed E-state index contributed by atoms with van der Waals surface area (Å²) in [7, 11) is 0. The number of carbonyl (C=O) groups is 2. The Kier molecular flexibility index (Phi) is 4.98. The first kappa shape index (κ1) is 18.4. The number of fused-ring (bicyclic) bond motifs is 2. The van der Waals surface area contributed by atoms with Crippen LogP contribution >= 0.6 is 22.9 Å². The number of rotatable bonds is 4. The van der Waals surface area contributed by atoms with E-state index >= 15 is 0 Å². The molecule has 7 heteroatoms. The molecule has 0 bridgehead atoms. The number of amides is 1. The van der Waals surface area contributed by atoms with E-state index in [9.17, 15) is 14.0 Å². The van der Waals surface area contributed by atoms with Crippen LogP contribution in [0.15, 0.2) is 60.7 Å². The van der Waals surface area contributed by atoms with Crippen molar-refractivity contribution in [3.8, 4) is 0 Å². The van der Waals surface area contributed by atoms with Gasteiger partial charge in [0.25, 0.3) is 5.91 Å². The Labute approximate surface area is 168 Å². The van der Waals surface area contributed by atoms with Crippen LogP contribution in [0.3, 0.4) is 0 Å². The van der Waals surface area contributed by atoms with Gasteiger partial charge in [0, 0.05) is 15.8 Å². The monoisotopic (exact) mass is 413 g/mol. The maximum absolute atomic E-state index is 13.3. The zero-order valence-corrected chi connectivity index (χ0v) is 15.9. The molecule has 0 aliphatic rings. The van der Waals surface area contributed by atoms with E-state index in [2.05, 4.69) is 5.32 Å². The smallest absolute Gasteiger partial charge is 0.350 e. The van der Waals surface area contributed by atoms with E-state index in [1.54, 1.807) is 6.07 Å². The van der Waals surface area contributed by atoms with Crippen LogP contribution in [0.25, 0.3) is 20.9 Å². The second-order valence-corrected chi connectivity index (χ2v) is 7.50. The Morgan fingerprint density at radius 1 is 1.04 bits per heavy atom. The van der Waals surface area contributed by atoms with E-state index in [1.165, 1.54) is 18.2 Å². The average molecular weight is 414 g/mol. The highest BCUT2D eigenvalue weighted by atomic mass is 35.5. The van der Waals surface area contributed by atoms with Gasteiger partial charge in [0.05, 0.1) is 5.02 Å². The summed E-state index contributed by atoms with van der Waals surface area (Å²) in [4.78, 5) is 24.5. The molecule has 4 nitrogen and oxygen atoms in total. The second-order valence-electron chi connectivity index (χ2n) is 6.07. The Balaban J connectivity index is 1.42. The molecular formula is C21H13ClFNO3S.